The van der Waals surface area contributed by atoms with E-state index in [1.54, 1.807) is 5.56 Å². The second-order valence-corrected chi connectivity index (χ2v) is 25.5. The first kappa shape index (κ1) is 42.3. The van der Waals surface area contributed by atoms with Crippen LogP contribution in [0, 0.1) is 6.92 Å². The van der Waals surface area contributed by atoms with Gasteiger partial charge in [0, 0.05) is 44.8 Å². The highest BCUT2D eigenvalue weighted by molar-refractivity contribution is 6.93. The lowest BCUT2D eigenvalue weighted by atomic mass is 9.42. The molecule has 0 amide bonds. The van der Waals surface area contributed by atoms with Gasteiger partial charge in [-0.05, 0) is 179 Å². The van der Waals surface area contributed by atoms with E-state index in [2.05, 4.69) is 221 Å². The maximum absolute atomic E-state index is 2.78. The lowest BCUT2D eigenvalue weighted by Gasteiger charge is -2.51. The van der Waals surface area contributed by atoms with Gasteiger partial charge >= 0.3 is 6.85 Å². The standard InChI is InChI=1S/C65H67BN2/c1-38-30-49-52(63(8,9)29-26-60(49,2)3)37-55(38)67-56-34-43-42-33-50-51(62(6,7)28-27-61(50,4)5)35-47(42)65(12,13)48(43)36-53(56)66-58-44(31-40(32-57(58)67)39-20-15-14-16-21-39)41-22-19-24-46-59(41)68(66)54-25-18-17-23-45(54)64(46,10)11/h14-25,30-37H,26-29H2,1-13H3. The number of hydrogen-bond acceptors (Lipinski definition) is 2. The van der Waals surface area contributed by atoms with E-state index < -0.39 is 0 Å². The Hall–Kier alpha value is -5.80. The molecule has 0 fully saturated rings. The zero-order valence-electron chi connectivity index (χ0n) is 42.8. The second kappa shape index (κ2) is 13.3. The highest BCUT2D eigenvalue weighted by Gasteiger charge is 2.52. The van der Waals surface area contributed by atoms with Crippen LogP contribution in [0.5, 0.6) is 0 Å². The van der Waals surface area contributed by atoms with E-state index >= 15 is 0 Å². The largest absolute Gasteiger partial charge is 0.376 e. The summed E-state index contributed by atoms with van der Waals surface area (Å²) in [5.74, 6) is 0. The minimum Gasteiger partial charge on any atom is -0.376 e. The molecule has 0 aromatic heterocycles. The molecule has 0 radical (unpaired) electrons. The number of hydrogen-bond donors (Lipinski definition) is 0. The Kier molecular flexibility index (Phi) is 8.27. The average Bonchev–Trinajstić information content (AvgIpc) is 3.52. The molecule has 0 saturated carbocycles. The van der Waals surface area contributed by atoms with Crippen LogP contribution in [0.4, 0.5) is 28.4 Å². The van der Waals surface area contributed by atoms with E-state index in [0.717, 1.165) is 0 Å². The number of para-hydroxylation sites is 2. The van der Waals surface area contributed by atoms with Crippen LogP contribution in [0.2, 0.25) is 0 Å². The molecule has 0 N–H and O–H groups in total. The maximum Gasteiger partial charge on any atom is 0.333 e. The third-order valence-electron chi connectivity index (χ3n) is 18.9. The van der Waals surface area contributed by atoms with Gasteiger partial charge in [-0.3, -0.25) is 0 Å². The first-order valence-electron chi connectivity index (χ1n) is 25.7. The molecule has 0 unspecified atom stereocenters. The maximum atomic E-state index is 2.78. The summed E-state index contributed by atoms with van der Waals surface area (Å²) < 4.78 is 0. The molecular formula is C65H67BN2. The number of rotatable bonds is 2. The van der Waals surface area contributed by atoms with Crippen LogP contribution in [-0.2, 0) is 32.5 Å². The van der Waals surface area contributed by atoms with Crippen LogP contribution in [0.15, 0.2) is 121 Å². The van der Waals surface area contributed by atoms with Gasteiger partial charge in [0.25, 0.3) is 0 Å². The quantitative estimate of drug-likeness (QED) is 0.160. The molecule has 0 spiro atoms. The van der Waals surface area contributed by atoms with Gasteiger partial charge in [-0.25, -0.2) is 0 Å². The van der Waals surface area contributed by atoms with Crippen molar-refractivity contribution in [1.29, 1.82) is 0 Å². The van der Waals surface area contributed by atoms with E-state index in [0.29, 0.717) is 0 Å². The summed E-state index contributed by atoms with van der Waals surface area (Å²) in [6, 6.07) is 48.6. The summed E-state index contributed by atoms with van der Waals surface area (Å²) >= 11 is 0. The van der Waals surface area contributed by atoms with Crippen LogP contribution >= 0.6 is 0 Å². The van der Waals surface area contributed by atoms with Gasteiger partial charge in [-0.2, -0.15) is 0 Å². The van der Waals surface area contributed by atoms with E-state index in [4.69, 9.17) is 0 Å². The van der Waals surface area contributed by atoms with Crippen molar-refractivity contribution in [3.63, 3.8) is 0 Å². The van der Waals surface area contributed by atoms with E-state index in [-0.39, 0.29) is 39.3 Å². The van der Waals surface area contributed by atoms with Gasteiger partial charge < -0.3 is 9.71 Å². The smallest absolute Gasteiger partial charge is 0.333 e. The molecule has 68 heavy (non-hydrogen) atoms. The van der Waals surface area contributed by atoms with Crippen LogP contribution in [0.1, 0.15) is 159 Å². The minimum atomic E-state index is -0.186. The van der Waals surface area contributed by atoms with Gasteiger partial charge in [0.05, 0.1) is 0 Å². The summed E-state index contributed by atoms with van der Waals surface area (Å²) in [6.07, 6.45) is 4.78. The molecule has 0 atom stereocenters. The van der Waals surface area contributed by atoms with E-state index in [1.165, 1.54) is 143 Å². The number of nitrogens with zero attached hydrogens (tertiary/aromatic N) is 2. The first-order valence-corrected chi connectivity index (χ1v) is 25.7. The zero-order chi connectivity index (χ0) is 47.4. The van der Waals surface area contributed by atoms with Gasteiger partial charge in [0.1, 0.15) is 0 Å². The molecule has 3 aliphatic carbocycles. The summed E-state index contributed by atoms with van der Waals surface area (Å²) in [5, 5.41) is 0. The summed E-state index contributed by atoms with van der Waals surface area (Å²) in [6.45, 7) is 32.1. The van der Waals surface area contributed by atoms with E-state index in [9.17, 15) is 0 Å². The predicted octanol–water partition coefficient (Wildman–Crippen LogP) is 16.0. The van der Waals surface area contributed by atoms with Crippen molar-refractivity contribution >= 4 is 46.2 Å². The van der Waals surface area contributed by atoms with Crippen LogP contribution in [0.3, 0.4) is 0 Å². The van der Waals surface area contributed by atoms with Crippen molar-refractivity contribution in [3.05, 3.63) is 171 Å². The molecular weight excluding hydrogens is 820 g/mol. The van der Waals surface area contributed by atoms with Gasteiger partial charge in [-0.1, -0.05) is 168 Å². The van der Waals surface area contributed by atoms with Gasteiger partial charge in [0.15, 0.2) is 0 Å². The Morgan fingerprint density at radius 3 is 1.63 bits per heavy atom. The normalized spacial score (nSPS) is 20.2. The third kappa shape index (κ3) is 5.43. The number of benzene rings is 7. The molecule has 2 nitrogen and oxygen atoms in total. The topological polar surface area (TPSA) is 6.48 Å². The fourth-order valence-corrected chi connectivity index (χ4v) is 14.4. The average molecular weight is 887 g/mol. The van der Waals surface area contributed by atoms with E-state index in [1.807, 2.05) is 0 Å². The summed E-state index contributed by atoms with van der Waals surface area (Å²) in [4.78, 5) is 5.53. The van der Waals surface area contributed by atoms with Crippen molar-refractivity contribution in [2.24, 2.45) is 0 Å². The molecule has 3 heterocycles. The number of anilines is 5. The number of fused-ring (bicyclic) bond motifs is 11. The highest BCUT2D eigenvalue weighted by atomic mass is 15.2. The zero-order valence-corrected chi connectivity index (χ0v) is 42.8. The molecule has 13 rings (SSSR count). The minimum absolute atomic E-state index is 0.0498. The van der Waals surface area contributed by atoms with Crippen LogP contribution in [0.25, 0.3) is 33.4 Å². The Balaban J connectivity index is 1.18. The molecule has 0 saturated heterocycles. The van der Waals surface area contributed by atoms with Gasteiger partial charge in [0.2, 0.25) is 0 Å². The molecule has 7 aromatic rings. The van der Waals surface area contributed by atoms with Gasteiger partial charge in [-0.15, -0.1) is 0 Å². The Labute approximate surface area is 406 Å². The molecule has 0 bridgehead atoms. The Bertz CT molecular complexity index is 3380. The van der Waals surface area contributed by atoms with Crippen molar-refractivity contribution in [1.82, 2.24) is 0 Å². The highest BCUT2D eigenvalue weighted by Crippen LogP contribution is 2.60. The van der Waals surface area contributed by atoms with Crippen molar-refractivity contribution in [3.8, 4) is 33.4 Å². The van der Waals surface area contributed by atoms with Crippen molar-refractivity contribution < 1.29 is 0 Å². The fraction of sp³-hybridized carbons (Fsp3) is 0.354. The molecule has 6 aliphatic rings. The van der Waals surface area contributed by atoms with Crippen LogP contribution in [-0.4, -0.2) is 6.85 Å². The summed E-state index contributed by atoms with van der Waals surface area (Å²) in [7, 11) is 0. The lowest BCUT2D eigenvalue weighted by molar-refractivity contribution is 0.331. The Morgan fingerprint density at radius 2 is 0.941 bits per heavy atom. The number of aryl methyl sites for hydroxylation is 1. The predicted molar refractivity (Wildman–Crippen MR) is 291 cm³/mol. The molecule has 3 heteroatoms. The fourth-order valence-electron chi connectivity index (χ4n) is 14.4. The first-order chi connectivity index (χ1) is 32.1. The lowest BCUT2D eigenvalue weighted by Crippen LogP contribution is -2.63. The van der Waals surface area contributed by atoms with Crippen LogP contribution < -0.4 is 20.6 Å². The van der Waals surface area contributed by atoms with Crippen molar-refractivity contribution in [2.45, 2.75) is 148 Å². The monoisotopic (exact) mass is 887 g/mol. The molecule has 3 aliphatic heterocycles. The summed E-state index contributed by atoms with van der Waals surface area (Å²) in [5.41, 5.74) is 30.5. The Morgan fingerprint density at radius 1 is 0.382 bits per heavy atom. The second-order valence-electron chi connectivity index (χ2n) is 25.5. The molecule has 340 valence electrons. The molecule has 7 aromatic carbocycles. The third-order valence-corrected chi connectivity index (χ3v) is 18.9. The SMILES string of the molecule is Cc1cc2c(cc1N1c3cc4c(cc3B3c5c(cc(-c6ccccc6)cc51)-c1cccc5c1N3c1ccccc1C5(C)C)C(C)(C)c1cc3c(cc1-4)C(C)(C)CCC3(C)C)C(C)(C)CCC2(C)C. The van der Waals surface area contributed by atoms with Crippen molar-refractivity contribution in [2.75, 3.05) is 9.71 Å².